The normalized spacial score (nSPS) is 29.8. The highest BCUT2D eigenvalue weighted by atomic mass is 32.2. The fourth-order valence-electron chi connectivity index (χ4n) is 6.64. The van der Waals surface area contributed by atoms with Gasteiger partial charge < -0.3 is 10.1 Å². The van der Waals surface area contributed by atoms with Crippen LogP contribution in [0, 0.1) is 34.5 Å². The van der Waals surface area contributed by atoms with Crippen molar-refractivity contribution in [3.8, 4) is 5.88 Å². The zero-order valence-electron chi connectivity index (χ0n) is 22.0. The van der Waals surface area contributed by atoms with Crippen LogP contribution in [0.1, 0.15) is 77.1 Å². The van der Waals surface area contributed by atoms with E-state index in [1.54, 1.807) is 19.2 Å². The number of allylic oxidation sites excluding steroid dienone is 1. The molecule has 200 valence electrons. The van der Waals surface area contributed by atoms with Gasteiger partial charge in [-0.2, -0.15) is 5.10 Å². The van der Waals surface area contributed by atoms with Crippen LogP contribution in [0.5, 0.6) is 5.88 Å². The molecule has 3 N–H and O–H groups in total. The van der Waals surface area contributed by atoms with Crippen LogP contribution in [-0.2, 0) is 14.8 Å². The molecule has 4 aliphatic rings. The molecule has 1 aromatic rings. The molecular formula is C26H40N4O5S. The van der Waals surface area contributed by atoms with E-state index in [2.05, 4.69) is 10.4 Å². The molecule has 36 heavy (non-hydrogen) atoms. The van der Waals surface area contributed by atoms with E-state index in [0.717, 1.165) is 32.1 Å². The number of hydrogen-bond acceptors (Lipinski definition) is 6. The van der Waals surface area contributed by atoms with Crippen LogP contribution in [0.2, 0.25) is 0 Å². The van der Waals surface area contributed by atoms with Crippen molar-refractivity contribution in [2.24, 2.45) is 39.6 Å². The average molecular weight is 521 g/mol. The first kappa shape index (κ1) is 26.9. The van der Waals surface area contributed by atoms with E-state index in [4.69, 9.17) is 9.88 Å². The van der Waals surface area contributed by atoms with Gasteiger partial charge in [-0.15, -0.1) is 0 Å². The summed E-state index contributed by atoms with van der Waals surface area (Å²) in [6, 6.07) is -0.00357. The van der Waals surface area contributed by atoms with Crippen molar-refractivity contribution in [3.63, 3.8) is 0 Å². The van der Waals surface area contributed by atoms with E-state index >= 15 is 0 Å². The predicted molar refractivity (Wildman–Crippen MR) is 138 cm³/mol. The van der Waals surface area contributed by atoms with Crippen molar-refractivity contribution >= 4 is 27.9 Å². The van der Waals surface area contributed by atoms with Crippen molar-refractivity contribution in [2.75, 3.05) is 12.4 Å². The van der Waals surface area contributed by atoms with Gasteiger partial charge in [-0.1, -0.05) is 19.9 Å². The number of carbonyl (C=O) groups excluding carboxylic acids is 2. The summed E-state index contributed by atoms with van der Waals surface area (Å²) in [5.74, 6) is 1.41. The Bertz CT molecular complexity index is 1140. The van der Waals surface area contributed by atoms with E-state index in [9.17, 15) is 18.0 Å². The number of nitrogens with two attached hydrogens (primary N) is 1. The molecule has 4 aliphatic carbocycles. The lowest BCUT2D eigenvalue weighted by Gasteiger charge is -2.60. The second kappa shape index (κ2) is 9.59. The van der Waals surface area contributed by atoms with Gasteiger partial charge in [0.1, 0.15) is 11.3 Å². The standard InChI is InChI=1S/C26H40N4O5S/c1-16(2)14-35-24-21(13-28-30(24)7-6-25(4,5)17(3)31)23(32)29-22-19-8-18-9-20(22)12-26(10-18,11-19)15-36(27,33)34/h6-7,13,16,18-20,22H,8-12,14-15H2,1-5H3,(H,29,32)(H2,27,33,34)/b7-6+. The molecule has 9 nitrogen and oxygen atoms in total. The first-order valence-electron chi connectivity index (χ1n) is 12.9. The van der Waals surface area contributed by atoms with Crippen molar-refractivity contribution < 1.29 is 22.7 Å². The number of hydrogen-bond donors (Lipinski definition) is 2. The summed E-state index contributed by atoms with van der Waals surface area (Å²) in [7, 11) is -3.55. The number of Topliss-reactive ketones (excluding diaryl/α,β-unsaturated/α-hetero) is 1. The van der Waals surface area contributed by atoms with Gasteiger partial charge in [-0.3, -0.25) is 9.59 Å². The molecule has 0 aromatic carbocycles. The molecule has 10 heteroatoms. The fraction of sp³-hybridized carbons (Fsp3) is 0.731. The molecule has 4 bridgehead atoms. The number of aromatic nitrogens is 2. The molecular weight excluding hydrogens is 480 g/mol. The number of ether oxygens (including phenoxy) is 1. The molecule has 2 atom stereocenters. The summed E-state index contributed by atoms with van der Waals surface area (Å²) in [5.41, 5.74) is -0.568. The summed E-state index contributed by atoms with van der Waals surface area (Å²) >= 11 is 0. The highest BCUT2D eigenvalue weighted by molar-refractivity contribution is 7.89. The number of rotatable bonds is 10. The molecule has 4 saturated carbocycles. The fourth-order valence-corrected chi connectivity index (χ4v) is 7.84. The predicted octanol–water partition coefficient (Wildman–Crippen LogP) is 3.22. The number of nitrogens with zero attached hydrogens (tertiary/aromatic N) is 2. The molecule has 0 spiro atoms. The number of amides is 1. The molecule has 4 fully saturated rings. The highest BCUT2D eigenvalue weighted by Crippen LogP contribution is 2.60. The van der Waals surface area contributed by atoms with Crippen molar-refractivity contribution in [1.29, 1.82) is 0 Å². The van der Waals surface area contributed by atoms with Crippen LogP contribution in [0.25, 0.3) is 6.20 Å². The van der Waals surface area contributed by atoms with Gasteiger partial charge >= 0.3 is 0 Å². The number of primary sulfonamides is 1. The monoisotopic (exact) mass is 520 g/mol. The molecule has 5 rings (SSSR count). The summed E-state index contributed by atoms with van der Waals surface area (Å²) in [5, 5.41) is 13.1. The zero-order chi connectivity index (χ0) is 26.5. The molecule has 2 unspecified atom stereocenters. The van der Waals surface area contributed by atoms with Gasteiger partial charge in [0.2, 0.25) is 15.9 Å². The Morgan fingerprint density at radius 3 is 2.47 bits per heavy atom. The second-order valence-electron chi connectivity index (χ2n) is 12.4. The van der Waals surface area contributed by atoms with Gasteiger partial charge in [0.05, 0.1) is 18.6 Å². The topological polar surface area (TPSA) is 133 Å². The number of sulfonamides is 1. The van der Waals surface area contributed by atoms with E-state index < -0.39 is 15.4 Å². The lowest BCUT2D eigenvalue weighted by Crippen LogP contribution is -2.60. The molecule has 0 saturated heterocycles. The maximum absolute atomic E-state index is 13.5. The quantitative estimate of drug-likeness (QED) is 0.487. The van der Waals surface area contributed by atoms with Crippen molar-refractivity contribution in [2.45, 2.75) is 72.8 Å². The number of carbonyl (C=O) groups is 2. The van der Waals surface area contributed by atoms with E-state index in [1.165, 1.54) is 10.9 Å². The highest BCUT2D eigenvalue weighted by Gasteiger charge is 2.56. The van der Waals surface area contributed by atoms with Crippen LogP contribution in [0.4, 0.5) is 0 Å². The third-order valence-electron chi connectivity index (χ3n) is 8.29. The van der Waals surface area contributed by atoms with E-state index in [1.807, 2.05) is 27.7 Å². The molecule has 1 aromatic heterocycles. The molecule has 1 amide bonds. The SMILES string of the molecule is CC(=O)C(C)(C)/C=C/n1ncc(C(=O)NC2C3CC4CC2CC(CS(N)(=O)=O)(C4)C3)c1OCC(C)C. The van der Waals surface area contributed by atoms with Gasteiger partial charge in [0.25, 0.3) is 5.91 Å². The van der Waals surface area contributed by atoms with E-state index in [-0.39, 0.29) is 46.7 Å². The van der Waals surface area contributed by atoms with Crippen molar-refractivity contribution in [3.05, 3.63) is 17.8 Å². The Morgan fingerprint density at radius 1 is 1.28 bits per heavy atom. The van der Waals surface area contributed by atoms with Crippen LogP contribution in [0.3, 0.4) is 0 Å². The third-order valence-corrected chi connectivity index (χ3v) is 9.31. The summed E-state index contributed by atoms with van der Waals surface area (Å²) < 4.78 is 31.4. The summed E-state index contributed by atoms with van der Waals surface area (Å²) in [4.78, 5) is 25.4. The molecule has 0 aliphatic heterocycles. The van der Waals surface area contributed by atoms with Gasteiger partial charge in [0.15, 0.2) is 0 Å². The Morgan fingerprint density at radius 2 is 1.92 bits per heavy atom. The zero-order valence-corrected chi connectivity index (χ0v) is 22.8. The first-order valence-corrected chi connectivity index (χ1v) is 14.6. The Labute approximate surface area is 214 Å². The lowest BCUT2D eigenvalue weighted by atomic mass is 9.48. The minimum Gasteiger partial charge on any atom is -0.477 e. The lowest BCUT2D eigenvalue weighted by molar-refractivity contribution is -0.122. The maximum Gasteiger partial charge on any atom is 0.258 e. The molecule has 0 radical (unpaired) electrons. The van der Waals surface area contributed by atoms with Crippen LogP contribution in [0.15, 0.2) is 12.3 Å². The average Bonchev–Trinajstić information content (AvgIpc) is 3.14. The van der Waals surface area contributed by atoms with Gasteiger partial charge in [0, 0.05) is 17.7 Å². The van der Waals surface area contributed by atoms with Crippen LogP contribution >= 0.6 is 0 Å². The third kappa shape index (κ3) is 5.69. The first-order chi connectivity index (χ1) is 16.7. The van der Waals surface area contributed by atoms with Gasteiger partial charge in [-0.25, -0.2) is 18.2 Å². The minimum absolute atomic E-state index is 0.00357. The van der Waals surface area contributed by atoms with Crippen molar-refractivity contribution in [1.82, 2.24) is 15.1 Å². The largest absolute Gasteiger partial charge is 0.477 e. The smallest absolute Gasteiger partial charge is 0.258 e. The van der Waals surface area contributed by atoms with E-state index in [0.29, 0.717) is 24.0 Å². The number of ketones is 1. The minimum atomic E-state index is -3.55. The Balaban J connectivity index is 1.54. The summed E-state index contributed by atoms with van der Waals surface area (Å²) in [6.07, 6.45) is 9.43. The summed E-state index contributed by atoms with van der Waals surface area (Å²) in [6.45, 7) is 9.67. The van der Waals surface area contributed by atoms with Gasteiger partial charge in [-0.05, 0) is 82.0 Å². The Kier molecular flexibility index (Phi) is 7.16. The molecule has 1 heterocycles. The second-order valence-corrected chi connectivity index (χ2v) is 14.0. The van der Waals surface area contributed by atoms with Crippen LogP contribution in [-0.4, -0.2) is 48.3 Å². The number of nitrogens with one attached hydrogen (secondary N) is 1. The Hall–Kier alpha value is -2.20. The maximum atomic E-state index is 13.5. The van der Waals surface area contributed by atoms with Crippen LogP contribution < -0.4 is 15.2 Å².